The Bertz CT molecular complexity index is 847. The molecule has 0 aliphatic heterocycles. The van der Waals surface area contributed by atoms with Crippen molar-refractivity contribution in [1.29, 1.82) is 0 Å². The molecule has 43 heavy (non-hydrogen) atoms. The van der Waals surface area contributed by atoms with Crippen LogP contribution in [0.5, 0.6) is 0 Å². The molecule has 0 amide bonds. The fraction of sp³-hybridized carbons (Fsp3) is 0.750. The van der Waals surface area contributed by atoms with Gasteiger partial charge >= 0.3 is 11.9 Å². The molecule has 0 bridgehead atoms. The second kappa shape index (κ2) is 25.1. The van der Waals surface area contributed by atoms with E-state index in [4.69, 9.17) is 9.47 Å². The second-order valence-electron chi connectivity index (χ2n) is 12.2. The number of hydrogen-bond acceptors (Lipinski definition) is 7. The van der Waals surface area contributed by atoms with Gasteiger partial charge in [0, 0.05) is 18.8 Å². The van der Waals surface area contributed by atoms with Crippen molar-refractivity contribution in [2.24, 2.45) is 17.8 Å². The Balaban J connectivity index is 2.09. The van der Waals surface area contributed by atoms with Gasteiger partial charge in [-0.1, -0.05) is 115 Å². The third-order valence-corrected chi connectivity index (χ3v) is 8.17. The van der Waals surface area contributed by atoms with E-state index in [2.05, 4.69) is 20.8 Å². The molecular formula is C36H60O7. The molecule has 0 spiro atoms. The van der Waals surface area contributed by atoms with E-state index in [1.807, 2.05) is 24.3 Å². The Morgan fingerprint density at radius 2 is 1.49 bits per heavy atom. The van der Waals surface area contributed by atoms with Gasteiger partial charge in [0.1, 0.15) is 19.3 Å². The van der Waals surface area contributed by atoms with E-state index in [9.17, 15) is 24.6 Å². The van der Waals surface area contributed by atoms with Crippen molar-refractivity contribution in [2.75, 3.05) is 13.2 Å². The van der Waals surface area contributed by atoms with Gasteiger partial charge in [0.25, 0.3) is 0 Å². The highest BCUT2D eigenvalue weighted by Crippen LogP contribution is 2.27. The van der Waals surface area contributed by atoms with E-state index in [0.717, 1.165) is 57.3 Å². The van der Waals surface area contributed by atoms with Crippen molar-refractivity contribution in [1.82, 2.24) is 0 Å². The average Bonchev–Trinajstić information content (AvgIpc) is 3.35. The van der Waals surface area contributed by atoms with E-state index in [1.54, 1.807) is 12.2 Å². The number of allylic oxidation sites excluding steroid dienone is 5. The molecule has 1 rings (SSSR count). The van der Waals surface area contributed by atoms with Crippen molar-refractivity contribution in [3.63, 3.8) is 0 Å². The van der Waals surface area contributed by atoms with Crippen LogP contribution >= 0.6 is 0 Å². The van der Waals surface area contributed by atoms with Crippen LogP contribution in [0.4, 0.5) is 0 Å². The summed E-state index contributed by atoms with van der Waals surface area (Å²) in [6, 6.07) is 0. The minimum atomic E-state index is -1.03. The molecule has 0 saturated carbocycles. The molecule has 1 unspecified atom stereocenters. The third kappa shape index (κ3) is 20.4. The predicted octanol–water partition coefficient (Wildman–Crippen LogP) is 7.59. The molecule has 1 aliphatic rings. The SMILES string of the molecule is CCCCC[C@H](O)/C=C/[C@H]1C(=O)C=C[C@@H]1C/C=C\CCCC(=O)OC[C@@H](O)COC(=O)CCCCCCCCC(C)CC. The summed E-state index contributed by atoms with van der Waals surface area (Å²) >= 11 is 0. The first kappa shape index (κ1) is 38.8. The van der Waals surface area contributed by atoms with Gasteiger partial charge in [-0.3, -0.25) is 14.4 Å². The zero-order valence-electron chi connectivity index (χ0n) is 27.2. The third-order valence-electron chi connectivity index (χ3n) is 8.17. The summed E-state index contributed by atoms with van der Waals surface area (Å²) in [5, 5.41) is 20.1. The van der Waals surface area contributed by atoms with Gasteiger partial charge in [0.05, 0.1) is 6.10 Å². The fourth-order valence-electron chi connectivity index (χ4n) is 5.05. The average molecular weight is 605 g/mol. The Morgan fingerprint density at radius 1 is 0.860 bits per heavy atom. The van der Waals surface area contributed by atoms with Gasteiger partial charge < -0.3 is 19.7 Å². The van der Waals surface area contributed by atoms with E-state index in [1.165, 1.54) is 32.1 Å². The number of rotatable bonds is 26. The Hall–Kier alpha value is -2.25. The maximum atomic E-state index is 12.2. The smallest absolute Gasteiger partial charge is 0.305 e. The second-order valence-corrected chi connectivity index (χ2v) is 12.2. The number of ether oxygens (including phenoxy) is 2. The van der Waals surface area contributed by atoms with Crippen LogP contribution in [0.2, 0.25) is 0 Å². The van der Waals surface area contributed by atoms with Gasteiger partial charge in [-0.25, -0.2) is 0 Å². The van der Waals surface area contributed by atoms with Gasteiger partial charge in [0.15, 0.2) is 5.78 Å². The van der Waals surface area contributed by atoms with E-state index in [0.29, 0.717) is 19.3 Å². The zero-order valence-corrected chi connectivity index (χ0v) is 27.2. The van der Waals surface area contributed by atoms with Crippen molar-refractivity contribution >= 4 is 17.7 Å². The number of hydrogen-bond donors (Lipinski definition) is 2. The van der Waals surface area contributed by atoms with Crippen LogP contribution in [-0.2, 0) is 23.9 Å². The first-order chi connectivity index (χ1) is 20.8. The van der Waals surface area contributed by atoms with E-state index in [-0.39, 0.29) is 43.2 Å². The first-order valence-electron chi connectivity index (χ1n) is 17.0. The molecular weight excluding hydrogens is 544 g/mol. The van der Waals surface area contributed by atoms with E-state index < -0.39 is 18.2 Å². The van der Waals surface area contributed by atoms with Crippen molar-refractivity contribution in [2.45, 2.75) is 142 Å². The van der Waals surface area contributed by atoms with Crippen LogP contribution in [0.1, 0.15) is 130 Å². The van der Waals surface area contributed by atoms with Crippen molar-refractivity contribution in [3.05, 3.63) is 36.5 Å². The van der Waals surface area contributed by atoms with Crippen molar-refractivity contribution < 1.29 is 34.1 Å². The summed E-state index contributed by atoms with van der Waals surface area (Å²) < 4.78 is 10.2. The standard InChI is InChI=1S/C36H60O7/c1-4-6-13-20-31(37)24-25-33-30(23-26-34(33)39)19-15-11-12-17-22-36(41)43-28-32(38)27-42-35(40)21-16-10-8-7-9-14-18-29(3)5-2/h11,15,23-26,29-33,37-38H,4-10,12-14,16-22,27-28H2,1-3H3/b15-11-,25-24+/t29?,30-,31-,32-,33+/m0/s1. The molecule has 7 nitrogen and oxygen atoms in total. The molecule has 0 heterocycles. The minimum Gasteiger partial charge on any atom is -0.463 e. The fourth-order valence-corrected chi connectivity index (χ4v) is 5.05. The Morgan fingerprint density at radius 3 is 2.16 bits per heavy atom. The molecule has 0 radical (unpaired) electrons. The Kier molecular flexibility index (Phi) is 22.6. The molecule has 0 aromatic carbocycles. The number of carbonyl (C=O) groups is 3. The molecule has 246 valence electrons. The van der Waals surface area contributed by atoms with Gasteiger partial charge in [-0.05, 0) is 50.0 Å². The molecule has 0 aromatic heterocycles. The lowest BCUT2D eigenvalue weighted by Crippen LogP contribution is -2.25. The molecule has 0 fully saturated rings. The summed E-state index contributed by atoms with van der Waals surface area (Å²) in [5.74, 6) is 0.0147. The largest absolute Gasteiger partial charge is 0.463 e. The van der Waals surface area contributed by atoms with Crippen LogP contribution < -0.4 is 0 Å². The van der Waals surface area contributed by atoms with Crippen LogP contribution in [0.15, 0.2) is 36.5 Å². The highest BCUT2D eigenvalue weighted by Gasteiger charge is 2.26. The van der Waals surface area contributed by atoms with Crippen LogP contribution in [0.3, 0.4) is 0 Å². The highest BCUT2D eigenvalue weighted by molar-refractivity contribution is 5.95. The monoisotopic (exact) mass is 604 g/mol. The normalized spacial score (nSPS) is 18.9. The molecule has 0 saturated heterocycles. The van der Waals surface area contributed by atoms with Gasteiger partial charge in [-0.15, -0.1) is 0 Å². The molecule has 1 aliphatic carbocycles. The van der Waals surface area contributed by atoms with Gasteiger partial charge in [0.2, 0.25) is 0 Å². The minimum absolute atomic E-state index is 0.0728. The summed E-state index contributed by atoms with van der Waals surface area (Å²) in [5.41, 5.74) is 0. The summed E-state index contributed by atoms with van der Waals surface area (Å²) in [4.78, 5) is 36.1. The maximum Gasteiger partial charge on any atom is 0.305 e. The van der Waals surface area contributed by atoms with E-state index >= 15 is 0 Å². The lowest BCUT2D eigenvalue weighted by molar-refractivity contribution is -0.152. The molecule has 7 heteroatoms. The number of ketones is 1. The van der Waals surface area contributed by atoms with Crippen LogP contribution in [0, 0.1) is 17.8 Å². The Labute approximate surface area is 261 Å². The number of aliphatic hydroxyl groups is 2. The summed E-state index contributed by atoms with van der Waals surface area (Å²) in [7, 11) is 0. The predicted molar refractivity (Wildman–Crippen MR) is 172 cm³/mol. The quantitative estimate of drug-likeness (QED) is 0.0595. The van der Waals surface area contributed by atoms with Crippen LogP contribution in [0.25, 0.3) is 0 Å². The summed E-state index contributed by atoms with van der Waals surface area (Å²) in [6.45, 7) is 6.30. The maximum absolute atomic E-state index is 12.2. The van der Waals surface area contributed by atoms with Gasteiger partial charge in [-0.2, -0.15) is 0 Å². The zero-order chi connectivity index (χ0) is 31.7. The lowest BCUT2D eigenvalue weighted by atomic mass is 9.90. The molecule has 5 atom stereocenters. The highest BCUT2D eigenvalue weighted by atomic mass is 16.6. The number of esters is 2. The molecule has 2 N–H and O–H groups in total. The number of aliphatic hydroxyl groups excluding tert-OH is 2. The molecule has 0 aromatic rings. The lowest BCUT2D eigenvalue weighted by Gasteiger charge is -2.13. The van der Waals surface area contributed by atoms with Crippen molar-refractivity contribution in [3.8, 4) is 0 Å². The first-order valence-corrected chi connectivity index (χ1v) is 17.0. The number of carbonyl (C=O) groups excluding carboxylic acids is 3. The van der Waals surface area contributed by atoms with Crippen LogP contribution in [-0.4, -0.2) is 53.4 Å². The summed E-state index contributed by atoms with van der Waals surface area (Å²) in [6.07, 6.45) is 25.4. The number of unbranched alkanes of at least 4 members (excludes halogenated alkanes) is 8. The topological polar surface area (TPSA) is 110 Å².